The SMILES string of the molecule is CO[C@H]1CCN(c2cnc3c(C)nnc(N[C@H](C)c4cc(O)c(Cc5nnc(N[C@H](C)c6cccc(C(F)(F)F)c6F)c6cc(N7CC[C@H](OC)C7)cnc56)c(C(F)(F)F)c4)c3c2)C1. The highest BCUT2D eigenvalue weighted by atomic mass is 19.4. The van der Waals surface area contributed by atoms with E-state index in [0.717, 1.165) is 37.2 Å². The van der Waals surface area contributed by atoms with Gasteiger partial charge in [-0.15, -0.1) is 10.2 Å². The monoisotopic (exact) mass is 894 g/mol. The van der Waals surface area contributed by atoms with Crippen LogP contribution >= 0.6 is 0 Å². The summed E-state index contributed by atoms with van der Waals surface area (Å²) in [7, 11) is 3.26. The minimum Gasteiger partial charge on any atom is -0.508 e. The number of aromatic nitrogens is 6. The van der Waals surface area contributed by atoms with Crippen molar-refractivity contribution in [2.24, 2.45) is 0 Å². The molecule has 2 aliphatic heterocycles. The molecule has 0 bridgehead atoms. The van der Waals surface area contributed by atoms with Crippen LogP contribution in [0.3, 0.4) is 0 Å². The van der Waals surface area contributed by atoms with E-state index in [1.807, 2.05) is 11.0 Å². The second kappa shape index (κ2) is 17.4. The summed E-state index contributed by atoms with van der Waals surface area (Å²) in [5, 5.41) is 35.5. The minimum atomic E-state index is -4.94. The summed E-state index contributed by atoms with van der Waals surface area (Å²) in [6.07, 6.45) is -5.59. The third-order valence-electron chi connectivity index (χ3n) is 12.0. The lowest BCUT2D eigenvalue weighted by atomic mass is 9.95. The molecule has 0 saturated carbocycles. The normalized spacial score (nSPS) is 18.0. The summed E-state index contributed by atoms with van der Waals surface area (Å²) in [6.45, 7) is 7.39. The maximum absolute atomic E-state index is 15.2. The first kappa shape index (κ1) is 44.5. The fourth-order valence-electron chi connectivity index (χ4n) is 8.42. The molecule has 0 radical (unpaired) electrons. The Hall–Kier alpha value is -6.15. The molecule has 338 valence electrons. The number of anilines is 4. The summed E-state index contributed by atoms with van der Waals surface area (Å²) in [5.74, 6) is -1.82. The summed E-state index contributed by atoms with van der Waals surface area (Å²) < 4.78 is 112. The average molecular weight is 895 g/mol. The summed E-state index contributed by atoms with van der Waals surface area (Å²) in [4.78, 5) is 13.4. The number of ether oxygens (including phenoxy) is 2. The number of nitrogens with one attached hydrogen (secondary N) is 2. The van der Waals surface area contributed by atoms with E-state index in [1.165, 1.54) is 25.3 Å². The molecule has 2 fully saturated rings. The van der Waals surface area contributed by atoms with E-state index < -0.39 is 59.1 Å². The third kappa shape index (κ3) is 8.84. The van der Waals surface area contributed by atoms with Crippen LogP contribution in [0, 0.1) is 12.7 Å². The molecule has 6 aromatic rings. The Kier molecular flexibility index (Phi) is 12.1. The van der Waals surface area contributed by atoms with Crippen LogP contribution in [0.5, 0.6) is 5.75 Å². The van der Waals surface area contributed by atoms with Crippen molar-refractivity contribution >= 4 is 44.8 Å². The van der Waals surface area contributed by atoms with Crippen molar-refractivity contribution < 1.29 is 45.3 Å². The van der Waals surface area contributed by atoms with Crippen LogP contribution in [0.25, 0.3) is 21.8 Å². The number of nitrogens with zero attached hydrogens (tertiary/aromatic N) is 8. The number of alkyl halides is 6. The van der Waals surface area contributed by atoms with Gasteiger partial charge in [0.25, 0.3) is 0 Å². The Morgan fingerprint density at radius 2 is 1.31 bits per heavy atom. The lowest BCUT2D eigenvalue weighted by Crippen LogP contribution is -2.22. The number of fused-ring (bicyclic) bond motifs is 2. The lowest BCUT2D eigenvalue weighted by molar-refractivity contribution is -0.140. The fraction of sp³-hybridized carbons (Fsp3) is 0.409. The van der Waals surface area contributed by atoms with Crippen molar-refractivity contribution in [2.45, 2.75) is 76.7 Å². The van der Waals surface area contributed by atoms with E-state index in [2.05, 4.69) is 45.9 Å². The first-order valence-corrected chi connectivity index (χ1v) is 20.6. The van der Waals surface area contributed by atoms with Crippen LogP contribution < -0.4 is 20.4 Å². The molecule has 0 amide bonds. The van der Waals surface area contributed by atoms with Gasteiger partial charge in [0.15, 0.2) is 11.6 Å². The molecule has 3 N–H and O–H groups in total. The quantitative estimate of drug-likeness (QED) is 0.101. The van der Waals surface area contributed by atoms with Crippen LogP contribution in [0.2, 0.25) is 0 Å². The number of benzene rings is 2. The Morgan fingerprint density at radius 3 is 1.89 bits per heavy atom. The van der Waals surface area contributed by atoms with Crippen molar-refractivity contribution in [3.63, 3.8) is 0 Å². The van der Waals surface area contributed by atoms with Gasteiger partial charge < -0.3 is 35.0 Å². The first-order chi connectivity index (χ1) is 30.4. The summed E-state index contributed by atoms with van der Waals surface area (Å²) in [5.41, 5.74) is -0.572. The van der Waals surface area contributed by atoms with Crippen molar-refractivity contribution in [2.75, 3.05) is 60.8 Å². The van der Waals surface area contributed by atoms with Gasteiger partial charge in [0, 0.05) is 68.7 Å². The highest BCUT2D eigenvalue weighted by Crippen LogP contribution is 2.42. The summed E-state index contributed by atoms with van der Waals surface area (Å²) >= 11 is 0. The van der Waals surface area contributed by atoms with E-state index in [4.69, 9.17) is 9.47 Å². The Morgan fingerprint density at radius 1 is 0.750 bits per heavy atom. The second-order valence-electron chi connectivity index (χ2n) is 16.2. The standard InChI is InChI=1S/C44H45F7N10O3/c1-22(54-41-32-15-26(60-11-9-28(20-60)63-4)18-52-39(32)24(3)56-58-41)25-13-35(44(49,50)51)31(37(62)14-25)17-36-40-33(16-27(19-53-40)61-12-10-29(21-61)64-5)42(59-57-36)55-23(2)30-7-6-8-34(38(30)45)43(46,47)48/h6-8,13-16,18-19,22-23,28-29,62H,9-12,17,20-21H2,1-5H3,(H,54,58)(H,55,59)/t22-,23-,28+,29+/m1/s1. The predicted molar refractivity (Wildman–Crippen MR) is 226 cm³/mol. The molecule has 8 rings (SSSR count). The minimum absolute atomic E-state index is 0.00376. The number of halogens is 7. The molecule has 0 spiro atoms. The van der Waals surface area contributed by atoms with Crippen LogP contribution in [0.1, 0.15) is 78.0 Å². The Bertz CT molecular complexity index is 2700. The molecule has 64 heavy (non-hydrogen) atoms. The lowest BCUT2D eigenvalue weighted by Gasteiger charge is -2.22. The van der Waals surface area contributed by atoms with Gasteiger partial charge in [-0.3, -0.25) is 9.97 Å². The predicted octanol–water partition coefficient (Wildman–Crippen LogP) is 8.94. The number of phenols is 1. The molecule has 0 aliphatic carbocycles. The summed E-state index contributed by atoms with van der Waals surface area (Å²) in [6, 6.07) is 6.86. The zero-order valence-electron chi connectivity index (χ0n) is 35.4. The fourth-order valence-corrected chi connectivity index (χ4v) is 8.42. The Balaban J connectivity index is 1.13. The van der Waals surface area contributed by atoms with Crippen molar-refractivity contribution in [1.82, 2.24) is 30.4 Å². The van der Waals surface area contributed by atoms with Crippen molar-refractivity contribution in [3.8, 4) is 5.75 Å². The number of rotatable bonds is 12. The van der Waals surface area contributed by atoms with Gasteiger partial charge in [0.1, 0.15) is 11.6 Å². The highest BCUT2D eigenvalue weighted by Gasteiger charge is 2.37. The van der Waals surface area contributed by atoms with Crippen molar-refractivity contribution in [1.29, 1.82) is 0 Å². The van der Waals surface area contributed by atoms with Gasteiger partial charge >= 0.3 is 12.4 Å². The van der Waals surface area contributed by atoms with E-state index in [-0.39, 0.29) is 45.7 Å². The molecule has 2 aliphatic rings. The number of hydrogen-bond acceptors (Lipinski definition) is 13. The molecule has 0 unspecified atom stereocenters. The topological polar surface area (TPSA) is 147 Å². The molecule has 4 aromatic heterocycles. The van der Waals surface area contributed by atoms with Gasteiger partial charge in [0.2, 0.25) is 0 Å². The van der Waals surface area contributed by atoms with Crippen LogP contribution in [-0.4, -0.2) is 88.1 Å². The molecule has 13 nitrogen and oxygen atoms in total. The van der Waals surface area contributed by atoms with Crippen LogP contribution in [0.4, 0.5) is 53.7 Å². The maximum Gasteiger partial charge on any atom is 0.419 e. The van der Waals surface area contributed by atoms with E-state index >= 15 is 17.6 Å². The second-order valence-corrected chi connectivity index (χ2v) is 16.2. The van der Waals surface area contributed by atoms with Gasteiger partial charge in [0.05, 0.1) is 81.6 Å². The van der Waals surface area contributed by atoms with E-state index in [1.54, 1.807) is 40.3 Å². The number of pyridine rings is 2. The van der Waals surface area contributed by atoms with Gasteiger partial charge in [-0.25, -0.2) is 4.39 Å². The highest BCUT2D eigenvalue weighted by molar-refractivity contribution is 5.93. The van der Waals surface area contributed by atoms with Gasteiger partial charge in [-0.2, -0.15) is 36.5 Å². The number of aromatic hydroxyl groups is 1. The zero-order valence-corrected chi connectivity index (χ0v) is 35.4. The van der Waals surface area contributed by atoms with E-state index in [9.17, 15) is 18.3 Å². The number of hydrogen-bond donors (Lipinski definition) is 3. The third-order valence-corrected chi connectivity index (χ3v) is 12.0. The van der Waals surface area contributed by atoms with Gasteiger partial charge in [-0.1, -0.05) is 12.1 Å². The molecule has 4 atom stereocenters. The zero-order chi connectivity index (χ0) is 45.7. The molecule has 2 aromatic carbocycles. The molecule has 2 saturated heterocycles. The number of methoxy groups -OCH3 is 2. The largest absolute Gasteiger partial charge is 0.508 e. The molecular weight excluding hydrogens is 850 g/mol. The average Bonchev–Trinajstić information content (AvgIpc) is 3.96. The molecule has 20 heteroatoms. The molecule has 6 heterocycles. The van der Waals surface area contributed by atoms with Crippen LogP contribution in [0.15, 0.2) is 54.9 Å². The smallest absolute Gasteiger partial charge is 0.419 e. The molecular formula is C44H45F7N10O3. The van der Waals surface area contributed by atoms with Crippen LogP contribution in [-0.2, 0) is 28.2 Å². The van der Waals surface area contributed by atoms with E-state index in [0.29, 0.717) is 53.8 Å². The Labute approximate surface area is 363 Å². The number of aryl methyl sites for hydroxylation is 1. The van der Waals surface area contributed by atoms with Gasteiger partial charge in [-0.05, 0) is 69.5 Å². The first-order valence-electron chi connectivity index (χ1n) is 20.6. The number of phenolic OH excluding ortho intramolecular Hbond substituents is 1. The maximum atomic E-state index is 15.2. The van der Waals surface area contributed by atoms with Crippen molar-refractivity contribution in [3.05, 3.63) is 99.9 Å².